The second-order valence-electron chi connectivity index (χ2n) is 10.3. The summed E-state index contributed by atoms with van der Waals surface area (Å²) in [7, 11) is 0. The van der Waals surface area contributed by atoms with Crippen LogP contribution in [0.1, 0.15) is 129 Å². The van der Waals surface area contributed by atoms with Crippen LogP contribution in [0, 0.1) is 0 Å². The number of carbonyl (C=O) groups excluding carboxylic acids is 2. The molecule has 212 valence electrons. The molecule has 1 heterocycles. The van der Waals surface area contributed by atoms with Gasteiger partial charge in [-0.2, -0.15) is 0 Å². The SMILES string of the molecule is CCCCCCCCCCCCCCCCCCNC(=O)OC1CCCCN1C(=O)C(O)C(O)CO. The number of unbranched alkanes of at least 4 members (excludes halogenated alkanes) is 15. The highest BCUT2D eigenvalue weighted by Crippen LogP contribution is 2.20. The van der Waals surface area contributed by atoms with Crippen molar-refractivity contribution in [3.63, 3.8) is 0 Å². The van der Waals surface area contributed by atoms with E-state index in [2.05, 4.69) is 12.2 Å². The van der Waals surface area contributed by atoms with Crippen molar-refractivity contribution in [3.05, 3.63) is 0 Å². The summed E-state index contributed by atoms with van der Waals surface area (Å²) in [6, 6.07) is 0. The van der Waals surface area contributed by atoms with Gasteiger partial charge in [0, 0.05) is 19.5 Å². The van der Waals surface area contributed by atoms with Crippen LogP contribution >= 0.6 is 0 Å². The number of ether oxygens (including phenoxy) is 1. The average molecular weight is 515 g/mol. The number of aliphatic hydroxyl groups excluding tert-OH is 3. The minimum absolute atomic E-state index is 0.338. The fourth-order valence-electron chi connectivity index (χ4n) is 4.74. The lowest BCUT2D eigenvalue weighted by atomic mass is 10.0. The monoisotopic (exact) mass is 514 g/mol. The van der Waals surface area contributed by atoms with Gasteiger partial charge in [-0.05, 0) is 19.3 Å². The smallest absolute Gasteiger partial charge is 0.409 e. The Morgan fingerprint density at radius 3 is 1.83 bits per heavy atom. The Morgan fingerprint density at radius 1 is 0.833 bits per heavy atom. The number of nitrogens with one attached hydrogen (secondary N) is 1. The minimum Gasteiger partial charge on any atom is -0.425 e. The molecule has 1 rings (SSSR count). The lowest BCUT2D eigenvalue weighted by molar-refractivity contribution is -0.160. The molecule has 0 aliphatic carbocycles. The van der Waals surface area contributed by atoms with Crippen molar-refractivity contribution in [2.24, 2.45) is 0 Å². The fourth-order valence-corrected chi connectivity index (χ4v) is 4.74. The molecule has 1 saturated heterocycles. The lowest BCUT2D eigenvalue weighted by Crippen LogP contribution is -2.53. The first-order valence-corrected chi connectivity index (χ1v) is 14.7. The number of hydrogen-bond acceptors (Lipinski definition) is 6. The lowest BCUT2D eigenvalue weighted by Gasteiger charge is -2.36. The van der Waals surface area contributed by atoms with Gasteiger partial charge in [0.25, 0.3) is 5.91 Å². The fraction of sp³-hybridized carbons (Fsp3) is 0.929. The van der Waals surface area contributed by atoms with Crippen molar-refractivity contribution < 1.29 is 29.6 Å². The zero-order chi connectivity index (χ0) is 26.4. The Bertz CT molecular complexity index is 562. The van der Waals surface area contributed by atoms with E-state index in [1.807, 2.05) is 0 Å². The van der Waals surface area contributed by atoms with E-state index in [-0.39, 0.29) is 0 Å². The Kier molecular flexibility index (Phi) is 19.7. The molecule has 0 aromatic heterocycles. The van der Waals surface area contributed by atoms with E-state index in [4.69, 9.17) is 9.84 Å². The molecule has 2 amide bonds. The summed E-state index contributed by atoms with van der Waals surface area (Å²) in [5.74, 6) is -0.730. The third kappa shape index (κ3) is 15.0. The highest BCUT2D eigenvalue weighted by molar-refractivity contribution is 5.82. The third-order valence-corrected chi connectivity index (χ3v) is 7.08. The van der Waals surface area contributed by atoms with Crippen LogP contribution in [0.15, 0.2) is 0 Å². The molecule has 0 aromatic carbocycles. The molecule has 0 spiro atoms. The second-order valence-corrected chi connectivity index (χ2v) is 10.3. The normalized spacial score (nSPS) is 17.6. The Morgan fingerprint density at radius 2 is 1.33 bits per heavy atom. The molecule has 1 aliphatic heterocycles. The highest BCUT2D eigenvalue weighted by Gasteiger charge is 2.35. The van der Waals surface area contributed by atoms with Crippen molar-refractivity contribution in [1.29, 1.82) is 0 Å². The molecule has 0 radical (unpaired) electrons. The summed E-state index contributed by atoms with van der Waals surface area (Å²) < 4.78 is 5.42. The maximum absolute atomic E-state index is 12.4. The molecule has 0 saturated carbocycles. The topological polar surface area (TPSA) is 119 Å². The number of piperidine rings is 1. The van der Waals surface area contributed by atoms with Gasteiger partial charge in [0.15, 0.2) is 12.3 Å². The molecule has 36 heavy (non-hydrogen) atoms. The van der Waals surface area contributed by atoms with E-state index < -0.39 is 37.0 Å². The summed E-state index contributed by atoms with van der Waals surface area (Å²) >= 11 is 0. The Labute approximate surface area is 219 Å². The molecule has 1 aliphatic rings. The van der Waals surface area contributed by atoms with Crippen molar-refractivity contribution >= 4 is 12.0 Å². The van der Waals surface area contributed by atoms with Gasteiger partial charge >= 0.3 is 6.09 Å². The first-order valence-electron chi connectivity index (χ1n) is 14.7. The molecule has 1 fully saturated rings. The van der Waals surface area contributed by atoms with Crippen molar-refractivity contribution in [2.75, 3.05) is 19.7 Å². The van der Waals surface area contributed by atoms with Crippen molar-refractivity contribution in [3.8, 4) is 0 Å². The predicted molar refractivity (Wildman–Crippen MR) is 142 cm³/mol. The summed E-state index contributed by atoms with van der Waals surface area (Å²) in [5.41, 5.74) is 0. The number of likely N-dealkylation sites (tertiary alicyclic amines) is 1. The van der Waals surface area contributed by atoms with Gasteiger partial charge in [-0.15, -0.1) is 0 Å². The quantitative estimate of drug-likeness (QED) is 0.160. The Balaban J connectivity index is 2.00. The molecule has 4 N–H and O–H groups in total. The van der Waals surface area contributed by atoms with Gasteiger partial charge in [0.05, 0.1) is 6.61 Å². The standard InChI is InChI=1S/C28H54N2O6/c1-2-3-4-5-6-7-8-9-10-11-12-13-14-15-16-18-21-29-28(35)36-25-20-17-19-22-30(25)27(34)26(33)24(32)23-31/h24-26,31-33H,2-23H2,1H3,(H,29,35). The van der Waals surface area contributed by atoms with Crippen molar-refractivity contribution in [1.82, 2.24) is 10.2 Å². The molecule has 3 unspecified atom stereocenters. The van der Waals surface area contributed by atoms with E-state index in [0.29, 0.717) is 19.5 Å². The molecule has 0 bridgehead atoms. The molecule has 0 aromatic rings. The van der Waals surface area contributed by atoms with Crippen molar-refractivity contribution in [2.45, 2.75) is 147 Å². The first-order chi connectivity index (χ1) is 17.5. The van der Waals surface area contributed by atoms with Crippen LogP contribution in [0.4, 0.5) is 4.79 Å². The summed E-state index contributed by atoms with van der Waals surface area (Å²) in [4.78, 5) is 25.9. The molecular weight excluding hydrogens is 460 g/mol. The number of alkyl carbamates (subject to hydrolysis) is 1. The number of hydrogen-bond donors (Lipinski definition) is 4. The Hall–Kier alpha value is -1.38. The number of carbonyl (C=O) groups is 2. The van der Waals surface area contributed by atoms with Gasteiger partial charge in [-0.25, -0.2) is 4.79 Å². The number of rotatable bonds is 21. The third-order valence-electron chi connectivity index (χ3n) is 7.08. The zero-order valence-corrected chi connectivity index (χ0v) is 22.8. The van der Waals surface area contributed by atoms with Crippen LogP contribution in [-0.2, 0) is 9.53 Å². The number of amides is 2. The van der Waals surface area contributed by atoms with Crippen LogP contribution < -0.4 is 5.32 Å². The van der Waals surface area contributed by atoms with E-state index in [1.54, 1.807) is 0 Å². The van der Waals surface area contributed by atoms with Gasteiger partial charge in [0.2, 0.25) is 0 Å². The zero-order valence-electron chi connectivity index (χ0n) is 22.8. The predicted octanol–water partition coefficient (Wildman–Crippen LogP) is 5.03. The van der Waals surface area contributed by atoms with E-state index in [0.717, 1.165) is 25.7 Å². The highest BCUT2D eigenvalue weighted by atomic mass is 16.6. The summed E-state index contributed by atoms with van der Waals surface area (Å²) in [5, 5.41) is 31.2. The van der Waals surface area contributed by atoms with Gasteiger partial charge in [-0.3, -0.25) is 4.79 Å². The molecule has 8 heteroatoms. The molecular formula is C28H54N2O6. The van der Waals surface area contributed by atoms with Crippen LogP contribution in [0.25, 0.3) is 0 Å². The van der Waals surface area contributed by atoms with Crippen LogP contribution in [0.5, 0.6) is 0 Å². The average Bonchev–Trinajstić information content (AvgIpc) is 2.89. The van der Waals surface area contributed by atoms with Crippen LogP contribution in [-0.4, -0.2) is 70.4 Å². The molecule has 8 nitrogen and oxygen atoms in total. The van der Waals surface area contributed by atoms with E-state index in [9.17, 15) is 19.8 Å². The van der Waals surface area contributed by atoms with Gasteiger partial charge in [0.1, 0.15) is 6.10 Å². The molecule has 3 atom stereocenters. The van der Waals surface area contributed by atoms with Crippen LogP contribution in [0.3, 0.4) is 0 Å². The van der Waals surface area contributed by atoms with E-state index in [1.165, 1.54) is 94.8 Å². The largest absolute Gasteiger partial charge is 0.425 e. The maximum atomic E-state index is 12.4. The maximum Gasteiger partial charge on any atom is 0.409 e. The van der Waals surface area contributed by atoms with Gasteiger partial charge in [-0.1, -0.05) is 103 Å². The minimum atomic E-state index is -1.73. The van der Waals surface area contributed by atoms with Crippen LogP contribution in [0.2, 0.25) is 0 Å². The van der Waals surface area contributed by atoms with Gasteiger partial charge < -0.3 is 30.3 Å². The number of nitrogens with zero attached hydrogens (tertiary/aromatic N) is 1. The summed E-state index contributed by atoms with van der Waals surface area (Å²) in [6.07, 6.45) is 18.2. The summed E-state index contributed by atoms with van der Waals surface area (Å²) in [6.45, 7) is 2.42. The second kappa shape index (κ2) is 21.7. The van der Waals surface area contributed by atoms with E-state index >= 15 is 0 Å². The number of aliphatic hydroxyl groups is 3. The first kappa shape index (κ1) is 32.6.